The van der Waals surface area contributed by atoms with Crippen molar-refractivity contribution in [3.05, 3.63) is 53.9 Å². The van der Waals surface area contributed by atoms with Crippen LogP contribution >= 0.6 is 0 Å². The maximum atomic E-state index is 14.1. The Balaban J connectivity index is 1.78. The summed E-state index contributed by atoms with van der Waals surface area (Å²) < 4.78 is 19.1. The van der Waals surface area contributed by atoms with Crippen molar-refractivity contribution in [3.8, 4) is 5.75 Å². The van der Waals surface area contributed by atoms with Crippen LogP contribution in [0.2, 0.25) is 0 Å². The van der Waals surface area contributed by atoms with Gasteiger partial charge in [0.05, 0.1) is 7.11 Å². The fourth-order valence-corrected chi connectivity index (χ4v) is 3.37. The highest BCUT2D eigenvalue weighted by molar-refractivity contribution is 5.29. The van der Waals surface area contributed by atoms with Crippen LogP contribution in [-0.2, 0) is 13.1 Å². The third kappa shape index (κ3) is 4.96. The maximum absolute atomic E-state index is 14.1. The highest BCUT2D eigenvalue weighted by Gasteiger charge is 2.21. The van der Waals surface area contributed by atoms with Gasteiger partial charge < -0.3 is 10.1 Å². The Morgan fingerprint density at radius 3 is 2.72 bits per heavy atom. The third-order valence-corrected chi connectivity index (χ3v) is 4.66. The van der Waals surface area contributed by atoms with E-state index in [0.29, 0.717) is 12.6 Å². The molecule has 1 fully saturated rings. The molecule has 2 aromatic rings. The summed E-state index contributed by atoms with van der Waals surface area (Å²) in [5, 5.41) is 3.46. The van der Waals surface area contributed by atoms with Gasteiger partial charge in [-0.2, -0.15) is 0 Å². The van der Waals surface area contributed by atoms with E-state index in [2.05, 4.69) is 20.2 Å². The molecule has 0 bridgehead atoms. The molecule has 1 aliphatic heterocycles. The fraction of sp³-hybridized carbons (Fsp3) is 0.474. The van der Waals surface area contributed by atoms with Crippen molar-refractivity contribution in [2.75, 3.05) is 20.2 Å². The number of methoxy groups -OCH3 is 1. The summed E-state index contributed by atoms with van der Waals surface area (Å²) in [5.74, 6) is -0.0315. The zero-order valence-electron chi connectivity index (χ0n) is 14.6. The molecule has 0 saturated carbocycles. The molecule has 0 spiro atoms. The van der Waals surface area contributed by atoms with Gasteiger partial charge in [-0.1, -0.05) is 6.07 Å². The molecule has 2 heterocycles. The number of halogens is 1. The van der Waals surface area contributed by atoms with Gasteiger partial charge >= 0.3 is 0 Å². The number of nitrogens with zero attached hydrogens (tertiary/aromatic N) is 3. The highest BCUT2D eigenvalue weighted by atomic mass is 19.1. The zero-order chi connectivity index (χ0) is 17.5. The van der Waals surface area contributed by atoms with Crippen molar-refractivity contribution in [1.29, 1.82) is 0 Å². The number of hydrogen-bond acceptors (Lipinski definition) is 5. The minimum Gasteiger partial charge on any atom is -0.494 e. The summed E-state index contributed by atoms with van der Waals surface area (Å²) in [6.07, 6.45) is 8.63. The Labute approximate surface area is 148 Å². The van der Waals surface area contributed by atoms with Crippen LogP contribution in [0, 0.1) is 5.82 Å². The van der Waals surface area contributed by atoms with Crippen LogP contribution in [0.3, 0.4) is 0 Å². The van der Waals surface area contributed by atoms with E-state index in [-0.39, 0.29) is 11.6 Å². The Morgan fingerprint density at radius 1 is 1.16 bits per heavy atom. The fourth-order valence-electron chi connectivity index (χ4n) is 3.37. The Bertz CT molecular complexity index is 660. The molecule has 1 aromatic heterocycles. The van der Waals surface area contributed by atoms with Crippen LogP contribution in [0.15, 0.2) is 36.9 Å². The molecular weight excluding hydrogens is 319 g/mol. The second-order valence-electron chi connectivity index (χ2n) is 6.46. The number of benzene rings is 1. The van der Waals surface area contributed by atoms with E-state index in [0.717, 1.165) is 50.0 Å². The summed E-state index contributed by atoms with van der Waals surface area (Å²) in [4.78, 5) is 10.6. The van der Waals surface area contributed by atoms with Gasteiger partial charge in [0.1, 0.15) is 6.33 Å². The van der Waals surface area contributed by atoms with Crippen LogP contribution in [0.4, 0.5) is 4.39 Å². The summed E-state index contributed by atoms with van der Waals surface area (Å²) in [5.41, 5.74) is 2.03. The molecule has 5 nitrogen and oxygen atoms in total. The minimum atomic E-state index is -0.314. The first kappa shape index (κ1) is 17.8. The molecule has 1 saturated heterocycles. The molecule has 3 rings (SSSR count). The minimum absolute atomic E-state index is 0.283. The Morgan fingerprint density at radius 2 is 1.96 bits per heavy atom. The molecule has 0 amide bonds. The number of hydrogen-bond donors (Lipinski definition) is 1. The van der Waals surface area contributed by atoms with E-state index in [1.54, 1.807) is 18.5 Å². The molecule has 1 N–H and O–H groups in total. The van der Waals surface area contributed by atoms with Gasteiger partial charge in [-0.3, -0.25) is 4.90 Å². The summed E-state index contributed by atoms with van der Waals surface area (Å²) >= 11 is 0. The van der Waals surface area contributed by atoms with Gasteiger partial charge in [0.25, 0.3) is 0 Å². The van der Waals surface area contributed by atoms with Crippen molar-refractivity contribution in [2.24, 2.45) is 0 Å². The van der Waals surface area contributed by atoms with Gasteiger partial charge in [-0.15, -0.1) is 0 Å². The van der Waals surface area contributed by atoms with Gasteiger partial charge in [-0.25, -0.2) is 14.4 Å². The van der Waals surface area contributed by atoms with E-state index >= 15 is 0 Å². The van der Waals surface area contributed by atoms with E-state index in [1.165, 1.54) is 7.11 Å². The highest BCUT2D eigenvalue weighted by Crippen LogP contribution is 2.22. The second kappa shape index (κ2) is 8.87. The lowest BCUT2D eigenvalue weighted by Gasteiger charge is -2.31. The lowest BCUT2D eigenvalue weighted by Crippen LogP contribution is -2.35. The molecular formula is C19H25FN4O. The summed E-state index contributed by atoms with van der Waals surface area (Å²) in [6, 6.07) is 5.66. The standard InChI is InChI=1S/C19H25FN4O/c1-25-19-5-4-15(9-18(19)20)12-24(13-16-10-22-14-23-11-16)17-3-2-7-21-8-6-17/h4-5,9-11,14,17,21H,2-3,6-8,12-13H2,1H3/t17-/m1/s1. The zero-order valence-corrected chi connectivity index (χ0v) is 14.6. The van der Waals surface area contributed by atoms with Crippen molar-refractivity contribution in [2.45, 2.75) is 38.4 Å². The first-order valence-corrected chi connectivity index (χ1v) is 8.77. The topological polar surface area (TPSA) is 50.3 Å². The lowest BCUT2D eigenvalue weighted by atomic mass is 10.0. The molecule has 1 aliphatic rings. The molecule has 134 valence electrons. The SMILES string of the molecule is COc1ccc(CN(Cc2cncnc2)[C@@H]2CCCNCC2)cc1F. The predicted octanol–water partition coefficient (Wildman–Crippen LogP) is 2.77. The van der Waals surface area contributed by atoms with E-state index < -0.39 is 0 Å². The molecule has 0 unspecified atom stereocenters. The van der Waals surface area contributed by atoms with Crippen LogP contribution in [-0.4, -0.2) is 41.1 Å². The number of nitrogens with one attached hydrogen (secondary N) is 1. The monoisotopic (exact) mass is 344 g/mol. The van der Waals surface area contributed by atoms with Crippen molar-refractivity contribution in [3.63, 3.8) is 0 Å². The largest absolute Gasteiger partial charge is 0.494 e. The Kier molecular flexibility index (Phi) is 6.30. The quantitative estimate of drug-likeness (QED) is 0.873. The molecule has 25 heavy (non-hydrogen) atoms. The number of rotatable bonds is 6. The molecule has 1 atom stereocenters. The Hall–Kier alpha value is -2.05. The second-order valence-corrected chi connectivity index (χ2v) is 6.46. The van der Waals surface area contributed by atoms with Gasteiger partial charge in [-0.05, 0) is 50.0 Å². The van der Waals surface area contributed by atoms with E-state index in [9.17, 15) is 4.39 Å². The lowest BCUT2D eigenvalue weighted by molar-refractivity contribution is 0.163. The van der Waals surface area contributed by atoms with Crippen LogP contribution < -0.4 is 10.1 Å². The van der Waals surface area contributed by atoms with Crippen molar-refractivity contribution < 1.29 is 9.13 Å². The third-order valence-electron chi connectivity index (χ3n) is 4.66. The van der Waals surface area contributed by atoms with Crippen LogP contribution in [0.1, 0.15) is 30.4 Å². The van der Waals surface area contributed by atoms with Gasteiger partial charge in [0.15, 0.2) is 11.6 Å². The maximum Gasteiger partial charge on any atom is 0.165 e. The van der Waals surface area contributed by atoms with Gasteiger partial charge in [0, 0.05) is 37.1 Å². The van der Waals surface area contributed by atoms with Crippen LogP contribution in [0.5, 0.6) is 5.75 Å². The number of aromatic nitrogens is 2. The summed E-state index contributed by atoms with van der Waals surface area (Å²) in [7, 11) is 1.48. The van der Waals surface area contributed by atoms with Gasteiger partial charge in [0.2, 0.25) is 0 Å². The first-order chi connectivity index (χ1) is 12.3. The number of ether oxygens (including phenoxy) is 1. The average molecular weight is 344 g/mol. The average Bonchev–Trinajstić information content (AvgIpc) is 2.92. The molecule has 6 heteroatoms. The first-order valence-electron chi connectivity index (χ1n) is 8.77. The van der Waals surface area contributed by atoms with Crippen molar-refractivity contribution >= 4 is 0 Å². The smallest absolute Gasteiger partial charge is 0.165 e. The van der Waals surface area contributed by atoms with Crippen LogP contribution in [0.25, 0.3) is 0 Å². The predicted molar refractivity (Wildman–Crippen MR) is 94.7 cm³/mol. The molecule has 0 radical (unpaired) electrons. The normalized spacial score (nSPS) is 18.1. The van der Waals surface area contributed by atoms with E-state index in [1.807, 2.05) is 18.5 Å². The molecule has 1 aromatic carbocycles. The van der Waals surface area contributed by atoms with Crippen molar-refractivity contribution in [1.82, 2.24) is 20.2 Å². The summed E-state index contributed by atoms with van der Waals surface area (Å²) in [6.45, 7) is 3.54. The van der Waals surface area contributed by atoms with E-state index in [4.69, 9.17) is 4.74 Å². The molecule has 0 aliphatic carbocycles.